The van der Waals surface area contributed by atoms with Crippen LogP contribution in [-0.2, 0) is 29.2 Å². The highest BCUT2D eigenvalue weighted by atomic mass is 16.5. The van der Waals surface area contributed by atoms with Crippen LogP contribution >= 0.6 is 0 Å². The van der Waals surface area contributed by atoms with Gasteiger partial charge in [-0.05, 0) is 54.2 Å². The molecule has 0 aromatic heterocycles. The van der Waals surface area contributed by atoms with Crippen molar-refractivity contribution in [1.82, 2.24) is 0 Å². The molecule has 7 nitrogen and oxygen atoms in total. The summed E-state index contributed by atoms with van der Waals surface area (Å²) in [6.07, 6.45) is 21.8. The van der Waals surface area contributed by atoms with Gasteiger partial charge in [-0.1, -0.05) is 183 Å². The van der Waals surface area contributed by atoms with Gasteiger partial charge in [-0.3, -0.25) is 14.4 Å². The zero-order chi connectivity index (χ0) is 42.5. The lowest BCUT2D eigenvalue weighted by molar-refractivity contribution is -0.135. The Balaban J connectivity index is 1.40. The highest BCUT2D eigenvalue weighted by molar-refractivity contribution is 5.99. The average molecular weight is 819 g/mol. The first-order chi connectivity index (χ1) is 29.4. The number of aryl methyl sites for hydroxylation is 1. The molecular weight excluding hydrogens is 749 g/mol. The summed E-state index contributed by atoms with van der Waals surface area (Å²) < 4.78 is 24.0. The Hall–Kier alpha value is -4.91. The van der Waals surface area contributed by atoms with Gasteiger partial charge in [0.05, 0.1) is 5.56 Å². The maximum absolute atomic E-state index is 13.9. The van der Waals surface area contributed by atoms with Crippen LogP contribution in [0.4, 0.5) is 0 Å². The zero-order valence-corrected chi connectivity index (χ0v) is 36.6. The summed E-state index contributed by atoms with van der Waals surface area (Å²) in [6, 6.07) is 30.2. The summed E-state index contributed by atoms with van der Waals surface area (Å²) in [7, 11) is 0. The van der Waals surface area contributed by atoms with Gasteiger partial charge in [0.15, 0.2) is 5.78 Å². The van der Waals surface area contributed by atoms with Gasteiger partial charge in [0.2, 0.25) is 0 Å². The van der Waals surface area contributed by atoms with Gasteiger partial charge >= 0.3 is 11.9 Å². The molecule has 324 valence electrons. The molecule has 0 radical (unpaired) electrons. The maximum atomic E-state index is 13.9. The number of rotatable bonds is 32. The predicted octanol–water partition coefficient (Wildman–Crippen LogP) is 14.3. The average Bonchev–Trinajstić information content (AvgIpc) is 3.27. The van der Waals surface area contributed by atoms with Crippen LogP contribution in [0.1, 0.15) is 176 Å². The molecule has 0 aliphatic heterocycles. The van der Waals surface area contributed by atoms with E-state index in [-0.39, 0.29) is 36.3 Å². The second kappa shape index (κ2) is 29.3. The lowest BCUT2D eigenvalue weighted by atomic mass is 10.0. The van der Waals surface area contributed by atoms with Crippen molar-refractivity contribution in [3.8, 4) is 23.0 Å². The monoisotopic (exact) mass is 819 g/mol. The summed E-state index contributed by atoms with van der Waals surface area (Å²) in [5.74, 6) is 0.834. The van der Waals surface area contributed by atoms with Gasteiger partial charge in [0.25, 0.3) is 0 Å². The van der Waals surface area contributed by atoms with E-state index in [1.807, 2.05) is 72.8 Å². The standard InChI is InChI=1S/C53H70O7/c1-3-5-7-9-11-13-15-17-25-31-52(55)59-50-39-46(57-41-43-27-21-19-22-28-43)35-33-45(50)34-38-49(54)48-37-36-47(58-42-44-29-23-20-24-30-44)40-51(48)60-53(56)32-26-18-16-14-12-10-8-6-4-2/h19-24,27-30,33,35-37,39-40H,3-18,25-26,31-32,34,38,41-42H2,1-2H3. The zero-order valence-electron chi connectivity index (χ0n) is 36.6. The number of benzene rings is 4. The Morgan fingerprint density at radius 3 is 1.33 bits per heavy atom. The fourth-order valence-corrected chi connectivity index (χ4v) is 7.21. The molecule has 4 rings (SSSR count). The van der Waals surface area contributed by atoms with E-state index in [1.165, 1.54) is 77.0 Å². The molecule has 0 saturated carbocycles. The number of Topliss-reactive ketones (excluding diaryl/α,β-unsaturated/α-hetero) is 1. The minimum absolute atomic E-state index is 0.111. The number of carbonyl (C=O) groups excluding carboxylic acids is 3. The quantitative estimate of drug-likeness (QED) is 0.0210. The lowest BCUT2D eigenvalue weighted by Crippen LogP contribution is -2.13. The molecule has 0 saturated heterocycles. The summed E-state index contributed by atoms with van der Waals surface area (Å²) in [6.45, 7) is 5.17. The maximum Gasteiger partial charge on any atom is 0.311 e. The van der Waals surface area contributed by atoms with Crippen molar-refractivity contribution in [2.75, 3.05) is 0 Å². The second-order valence-electron chi connectivity index (χ2n) is 16.0. The molecule has 0 spiro atoms. The van der Waals surface area contributed by atoms with E-state index < -0.39 is 0 Å². The van der Waals surface area contributed by atoms with Gasteiger partial charge in [-0.2, -0.15) is 0 Å². The first-order valence-electron chi connectivity index (χ1n) is 23.0. The smallest absolute Gasteiger partial charge is 0.311 e. The number of hydrogen-bond donors (Lipinski definition) is 0. The van der Waals surface area contributed by atoms with Gasteiger partial charge in [-0.25, -0.2) is 0 Å². The third kappa shape index (κ3) is 19.4. The Bertz CT molecular complexity index is 1800. The molecule has 7 heteroatoms. The molecule has 0 aliphatic rings. The van der Waals surface area contributed by atoms with E-state index in [0.29, 0.717) is 48.9 Å². The molecule has 0 unspecified atom stereocenters. The predicted molar refractivity (Wildman–Crippen MR) is 242 cm³/mol. The van der Waals surface area contributed by atoms with E-state index in [2.05, 4.69) is 13.8 Å². The van der Waals surface area contributed by atoms with Gasteiger partial charge in [-0.15, -0.1) is 0 Å². The molecular formula is C53H70O7. The summed E-state index contributed by atoms with van der Waals surface area (Å²) in [5, 5.41) is 0. The number of ketones is 1. The van der Waals surface area contributed by atoms with E-state index in [4.69, 9.17) is 18.9 Å². The number of esters is 2. The number of carbonyl (C=O) groups is 3. The molecule has 0 fully saturated rings. The molecule has 4 aromatic rings. The highest BCUT2D eigenvalue weighted by Gasteiger charge is 2.19. The van der Waals surface area contributed by atoms with Crippen LogP contribution in [0.5, 0.6) is 23.0 Å². The summed E-state index contributed by atoms with van der Waals surface area (Å²) >= 11 is 0. The highest BCUT2D eigenvalue weighted by Crippen LogP contribution is 2.31. The molecule has 0 bridgehead atoms. The third-order valence-electron chi connectivity index (χ3n) is 10.8. The van der Waals surface area contributed by atoms with Crippen molar-refractivity contribution in [2.24, 2.45) is 0 Å². The van der Waals surface area contributed by atoms with E-state index in [9.17, 15) is 14.4 Å². The Labute approximate surface area is 360 Å². The Morgan fingerprint density at radius 1 is 0.433 bits per heavy atom. The Kier molecular flexibility index (Phi) is 23.4. The van der Waals surface area contributed by atoms with Crippen molar-refractivity contribution in [3.05, 3.63) is 119 Å². The van der Waals surface area contributed by atoms with Crippen LogP contribution in [0.15, 0.2) is 97.1 Å². The molecule has 0 atom stereocenters. The van der Waals surface area contributed by atoms with Crippen LogP contribution in [0.25, 0.3) is 0 Å². The van der Waals surface area contributed by atoms with Crippen molar-refractivity contribution in [3.63, 3.8) is 0 Å². The van der Waals surface area contributed by atoms with E-state index in [1.54, 1.807) is 24.3 Å². The largest absolute Gasteiger partial charge is 0.489 e. The van der Waals surface area contributed by atoms with Crippen LogP contribution in [-0.4, -0.2) is 17.7 Å². The van der Waals surface area contributed by atoms with Crippen molar-refractivity contribution >= 4 is 17.7 Å². The van der Waals surface area contributed by atoms with Crippen LogP contribution in [0, 0.1) is 0 Å². The van der Waals surface area contributed by atoms with Crippen molar-refractivity contribution in [1.29, 1.82) is 0 Å². The molecule has 0 heterocycles. The third-order valence-corrected chi connectivity index (χ3v) is 10.8. The fraction of sp³-hybridized carbons (Fsp3) is 0.491. The number of unbranched alkanes of at least 4 members (excludes halogenated alkanes) is 16. The first-order valence-corrected chi connectivity index (χ1v) is 23.0. The van der Waals surface area contributed by atoms with E-state index in [0.717, 1.165) is 55.2 Å². The number of ether oxygens (including phenoxy) is 4. The van der Waals surface area contributed by atoms with E-state index >= 15 is 0 Å². The van der Waals surface area contributed by atoms with Gasteiger partial charge in [0.1, 0.15) is 36.2 Å². The first kappa shape index (κ1) is 47.8. The number of hydrogen-bond acceptors (Lipinski definition) is 7. The topological polar surface area (TPSA) is 88.1 Å². The lowest BCUT2D eigenvalue weighted by Gasteiger charge is -2.15. The van der Waals surface area contributed by atoms with Crippen LogP contribution in [0.3, 0.4) is 0 Å². The van der Waals surface area contributed by atoms with Gasteiger partial charge in [0, 0.05) is 31.4 Å². The molecule has 0 aliphatic carbocycles. The minimum Gasteiger partial charge on any atom is -0.489 e. The Morgan fingerprint density at radius 2 is 0.850 bits per heavy atom. The second-order valence-corrected chi connectivity index (χ2v) is 16.0. The summed E-state index contributed by atoms with van der Waals surface area (Å²) in [4.78, 5) is 40.2. The van der Waals surface area contributed by atoms with Crippen LogP contribution in [0.2, 0.25) is 0 Å². The minimum atomic E-state index is -0.362. The fourth-order valence-electron chi connectivity index (χ4n) is 7.21. The normalized spacial score (nSPS) is 11.0. The molecule has 4 aromatic carbocycles. The van der Waals surface area contributed by atoms with Gasteiger partial charge < -0.3 is 18.9 Å². The summed E-state index contributed by atoms with van der Waals surface area (Å²) in [5.41, 5.74) is 3.07. The van der Waals surface area contributed by atoms with Crippen LogP contribution < -0.4 is 18.9 Å². The van der Waals surface area contributed by atoms with Crippen molar-refractivity contribution < 1.29 is 33.3 Å². The SMILES string of the molecule is CCCCCCCCCCCC(=O)Oc1cc(OCc2ccccc2)ccc1CCC(=O)c1ccc(OCc2ccccc2)cc1OC(=O)CCCCCCCCCCC. The molecule has 0 N–H and O–H groups in total. The molecule has 0 amide bonds. The molecule has 60 heavy (non-hydrogen) atoms. The van der Waals surface area contributed by atoms with Crippen molar-refractivity contribution in [2.45, 2.75) is 168 Å².